The number of nitrogens with zero attached hydrogens (tertiary/aromatic N) is 2. The van der Waals surface area contributed by atoms with Crippen LogP contribution in [0.15, 0.2) is 59.7 Å². The van der Waals surface area contributed by atoms with E-state index in [1.54, 1.807) is 21.5 Å². The van der Waals surface area contributed by atoms with Crippen molar-refractivity contribution in [2.75, 3.05) is 0 Å². The van der Waals surface area contributed by atoms with E-state index in [9.17, 15) is 4.79 Å². The van der Waals surface area contributed by atoms with Crippen LogP contribution in [0, 0.1) is 0 Å². The van der Waals surface area contributed by atoms with Gasteiger partial charge in [-0.15, -0.1) is 0 Å². The second kappa shape index (κ2) is 5.58. The van der Waals surface area contributed by atoms with Gasteiger partial charge in [0, 0.05) is 31.5 Å². The lowest BCUT2D eigenvalue weighted by molar-refractivity contribution is 0.550. The molecule has 0 saturated heterocycles. The quantitative estimate of drug-likeness (QED) is 0.799. The minimum atomic E-state index is -0.207. The summed E-state index contributed by atoms with van der Waals surface area (Å²) in [5.74, 6) is 0. The number of fused-ring (bicyclic) bond motifs is 1. The zero-order valence-electron chi connectivity index (χ0n) is 12.1. The van der Waals surface area contributed by atoms with Crippen molar-refractivity contribution < 1.29 is 0 Å². The second-order valence-corrected chi connectivity index (χ2v) is 5.19. The monoisotopic (exact) mass is 281 g/mol. The summed E-state index contributed by atoms with van der Waals surface area (Å²) in [6.45, 7) is 3.12. The van der Waals surface area contributed by atoms with Crippen LogP contribution in [0.5, 0.6) is 0 Å². The van der Waals surface area contributed by atoms with Crippen molar-refractivity contribution in [3.8, 4) is 0 Å². The summed E-state index contributed by atoms with van der Waals surface area (Å²) >= 11 is 0. The highest BCUT2D eigenvalue weighted by molar-refractivity contribution is 5.86. The fourth-order valence-corrected chi connectivity index (χ4v) is 2.72. The van der Waals surface area contributed by atoms with Crippen LogP contribution in [-0.2, 0) is 13.1 Å². The maximum atomic E-state index is 12.1. The maximum absolute atomic E-state index is 12.1. The van der Waals surface area contributed by atoms with Gasteiger partial charge in [-0.1, -0.05) is 42.5 Å². The van der Waals surface area contributed by atoms with E-state index in [0.717, 1.165) is 10.9 Å². The van der Waals surface area contributed by atoms with Gasteiger partial charge in [-0.25, -0.2) is 4.79 Å². The van der Waals surface area contributed by atoms with Crippen molar-refractivity contribution in [1.29, 1.82) is 0 Å². The van der Waals surface area contributed by atoms with Gasteiger partial charge < -0.3 is 5.73 Å². The first-order valence-electron chi connectivity index (χ1n) is 7.19. The lowest BCUT2D eigenvalue weighted by atomic mass is 9.99. The summed E-state index contributed by atoms with van der Waals surface area (Å²) in [6.07, 6.45) is 3.61. The van der Waals surface area contributed by atoms with Gasteiger partial charge in [0.15, 0.2) is 0 Å². The first-order chi connectivity index (χ1) is 10.2. The fourth-order valence-electron chi connectivity index (χ4n) is 2.72. The average molecular weight is 281 g/mol. The number of hydrogen-bond donors (Lipinski definition) is 1. The summed E-state index contributed by atoms with van der Waals surface area (Å²) < 4.78 is 3.35. The van der Waals surface area contributed by atoms with Crippen LogP contribution in [0.25, 0.3) is 10.8 Å². The molecule has 0 radical (unpaired) electrons. The molecule has 4 heteroatoms. The minimum Gasteiger partial charge on any atom is -0.322 e. The Balaban J connectivity index is 1.95. The van der Waals surface area contributed by atoms with E-state index >= 15 is 0 Å². The zero-order valence-corrected chi connectivity index (χ0v) is 12.1. The molecule has 1 unspecified atom stereocenters. The lowest BCUT2D eigenvalue weighted by Crippen LogP contribution is -2.28. The number of benzene rings is 2. The highest BCUT2D eigenvalue weighted by Gasteiger charge is 2.12. The van der Waals surface area contributed by atoms with Crippen molar-refractivity contribution in [3.63, 3.8) is 0 Å². The Hall–Kier alpha value is -2.33. The normalized spacial score (nSPS) is 12.7. The molecule has 4 nitrogen and oxygen atoms in total. The van der Waals surface area contributed by atoms with Crippen molar-refractivity contribution in [2.24, 2.45) is 5.73 Å². The van der Waals surface area contributed by atoms with Crippen molar-refractivity contribution in [2.45, 2.75) is 26.1 Å². The van der Waals surface area contributed by atoms with E-state index in [2.05, 4.69) is 18.2 Å². The van der Waals surface area contributed by atoms with Gasteiger partial charge in [0.2, 0.25) is 0 Å². The summed E-state index contributed by atoms with van der Waals surface area (Å²) in [5, 5.41) is 2.32. The smallest absolute Gasteiger partial charge is 0.322 e. The molecular formula is C17H19N3O. The third kappa shape index (κ3) is 2.50. The van der Waals surface area contributed by atoms with E-state index in [0.29, 0.717) is 13.1 Å². The Bertz CT molecular complexity index is 811. The van der Waals surface area contributed by atoms with Gasteiger partial charge in [0.05, 0.1) is 0 Å². The molecule has 0 spiro atoms. The third-order valence-corrected chi connectivity index (χ3v) is 3.87. The lowest BCUT2D eigenvalue weighted by Gasteiger charge is -2.15. The molecule has 0 amide bonds. The summed E-state index contributed by atoms with van der Waals surface area (Å²) in [7, 11) is 0. The van der Waals surface area contributed by atoms with Crippen LogP contribution in [0.3, 0.4) is 0 Å². The number of aromatic nitrogens is 2. The molecule has 0 aliphatic carbocycles. The molecule has 2 aromatic carbocycles. The van der Waals surface area contributed by atoms with Crippen molar-refractivity contribution in [1.82, 2.24) is 9.13 Å². The first-order valence-corrected chi connectivity index (χ1v) is 7.19. The molecular weight excluding hydrogens is 262 g/mol. The molecule has 0 aliphatic rings. The molecule has 1 atom stereocenters. The largest absolute Gasteiger partial charge is 0.328 e. The van der Waals surface area contributed by atoms with Gasteiger partial charge in [-0.3, -0.25) is 9.13 Å². The van der Waals surface area contributed by atoms with Gasteiger partial charge >= 0.3 is 5.69 Å². The number of imidazole rings is 1. The SMILES string of the molecule is CCn1ccn(CC(N)c2cccc3ccccc23)c1=O. The van der Waals surface area contributed by atoms with Crippen LogP contribution < -0.4 is 11.4 Å². The number of hydrogen-bond acceptors (Lipinski definition) is 2. The van der Waals surface area contributed by atoms with E-state index in [4.69, 9.17) is 5.73 Å². The highest BCUT2D eigenvalue weighted by Crippen LogP contribution is 2.23. The van der Waals surface area contributed by atoms with Gasteiger partial charge in [-0.2, -0.15) is 0 Å². The molecule has 3 rings (SSSR count). The van der Waals surface area contributed by atoms with Crippen molar-refractivity contribution >= 4 is 10.8 Å². The van der Waals surface area contributed by atoms with Gasteiger partial charge in [-0.05, 0) is 23.3 Å². The number of aryl methyl sites for hydroxylation is 1. The molecule has 0 bridgehead atoms. The summed E-state index contributed by atoms with van der Waals surface area (Å²) in [4.78, 5) is 12.1. The van der Waals surface area contributed by atoms with Crippen LogP contribution in [0.1, 0.15) is 18.5 Å². The predicted octanol–water partition coefficient (Wildman–Crippen LogP) is 2.52. The van der Waals surface area contributed by atoms with E-state index in [-0.39, 0.29) is 11.7 Å². The molecule has 21 heavy (non-hydrogen) atoms. The van der Waals surface area contributed by atoms with Crippen LogP contribution in [-0.4, -0.2) is 9.13 Å². The molecule has 0 saturated carbocycles. The molecule has 108 valence electrons. The Morgan fingerprint density at radius 2 is 1.76 bits per heavy atom. The molecule has 1 heterocycles. The fraction of sp³-hybridized carbons (Fsp3) is 0.235. The Labute approximate surface area is 123 Å². The number of rotatable bonds is 4. The van der Waals surface area contributed by atoms with Crippen LogP contribution in [0.4, 0.5) is 0 Å². The first kappa shape index (κ1) is 13.6. The third-order valence-electron chi connectivity index (χ3n) is 3.87. The number of nitrogens with two attached hydrogens (primary N) is 1. The second-order valence-electron chi connectivity index (χ2n) is 5.19. The van der Waals surface area contributed by atoms with Gasteiger partial charge in [0.1, 0.15) is 0 Å². The standard InChI is InChI=1S/C17H19N3O/c1-2-19-10-11-20(17(19)21)12-16(18)15-9-5-7-13-6-3-4-8-14(13)15/h3-11,16H,2,12,18H2,1H3. The minimum absolute atomic E-state index is 0.00631. The average Bonchev–Trinajstić information content (AvgIpc) is 2.87. The Morgan fingerprint density at radius 3 is 2.52 bits per heavy atom. The van der Waals surface area contributed by atoms with Gasteiger partial charge in [0.25, 0.3) is 0 Å². The molecule has 0 aliphatic heterocycles. The summed E-state index contributed by atoms with van der Waals surface area (Å²) in [6, 6.07) is 14.1. The molecule has 3 aromatic rings. The van der Waals surface area contributed by atoms with Crippen molar-refractivity contribution in [3.05, 3.63) is 70.9 Å². The Morgan fingerprint density at radius 1 is 1.05 bits per heavy atom. The zero-order chi connectivity index (χ0) is 14.8. The highest BCUT2D eigenvalue weighted by atomic mass is 16.1. The van der Waals surface area contributed by atoms with E-state index in [1.807, 2.05) is 31.2 Å². The van der Waals surface area contributed by atoms with Crippen LogP contribution in [0.2, 0.25) is 0 Å². The predicted molar refractivity (Wildman–Crippen MR) is 85.2 cm³/mol. The van der Waals surface area contributed by atoms with E-state index < -0.39 is 0 Å². The molecule has 0 fully saturated rings. The Kier molecular flexibility index (Phi) is 3.62. The van der Waals surface area contributed by atoms with Crippen LogP contribution >= 0.6 is 0 Å². The molecule has 1 aromatic heterocycles. The maximum Gasteiger partial charge on any atom is 0.328 e. The summed E-state index contributed by atoms with van der Waals surface area (Å²) in [5.41, 5.74) is 7.41. The topological polar surface area (TPSA) is 52.9 Å². The molecule has 2 N–H and O–H groups in total. The van der Waals surface area contributed by atoms with E-state index in [1.165, 1.54) is 5.39 Å².